The van der Waals surface area contributed by atoms with Crippen molar-refractivity contribution in [1.82, 2.24) is 19.4 Å². The number of pyridine rings is 1. The number of aromatic nitrogens is 3. The zero-order chi connectivity index (χ0) is 29.0. The Morgan fingerprint density at radius 2 is 1.85 bits per heavy atom. The minimum atomic E-state index is -0.410. The van der Waals surface area contributed by atoms with Gasteiger partial charge in [0.2, 0.25) is 11.9 Å². The highest BCUT2D eigenvalue weighted by molar-refractivity contribution is 6.02. The van der Waals surface area contributed by atoms with Crippen molar-refractivity contribution in [3.05, 3.63) is 83.1 Å². The van der Waals surface area contributed by atoms with Crippen molar-refractivity contribution < 1.29 is 13.9 Å². The first-order chi connectivity index (χ1) is 19.1. The van der Waals surface area contributed by atoms with E-state index in [1.165, 1.54) is 41.0 Å². The number of halogens is 1. The van der Waals surface area contributed by atoms with Gasteiger partial charge in [0.05, 0.1) is 29.9 Å². The lowest BCUT2D eigenvalue weighted by atomic mass is 10.2. The van der Waals surface area contributed by atoms with Crippen molar-refractivity contribution in [2.45, 2.75) is 6.92 Å². The summed E-state index contributed by atoms with van der Waals surface area (Å²) < 4.78 is 20.7. The van der Waals surface area contributed by atoms with E-state index >= 15 is 0 Å². The van der Waals surface area contributed by atoms with Crippen LogP contribution in [0.25, 0.3) is 16.7 Å². The second kappa shape index (κ2) is 12.0. The van der Waals surface area contributed by atoms with E-state index in [9.17, 15) is 14.0 Å². The third-order valence-corrected chi connectivity index (χ3v) is 6.35. The third kappa shape index (κ3) is 6.10. The Labute approximate surface area is 231 Å². The van der Waals surface area contributed by atoms with E-state index in [0.717, 1.165) is 12.2 Å². The highest BCUT2D eigenvalue weighted by Gasteiger charge is 2.18. The number of nitrogens with zero attached hydrogens (tertiary/aromatic N) is 5. The monoisotopic (exact) mass is 545 g/mol. The lowest BCUT2D eigenvalue weighted by molar-refractivity contribution is -0.111. The SMILES string of the molecule is C=CC(=O)Nc1cc(Nc2ncc3c(C)cc(=O)n(-c4ccc(F)cc4)c3n2)c(OC)cc1N(C)CCN(C)C. The molecule has 0 bridgehead atoms. The summed E-state index contributed by atoms with van der Waals surface area (Å²) in [5.74, 6) is -0.0832. The number of nitrogens with one attached hydrogen (secondary N) is 2. The predicted molar refractivity (Wildman–Crippen MR) is 157 cm³/mol. The third-order valence-electron chi connectivity index (χ3n) is 6.35. The van der Waals surface area contributed by atoms with Gasteiger partial charge in [0.25, 0.3) is 5.56 Å². The van der Waals surface area contributed by atoms with Gasteiger partial charge in [-0.2, -0.15) is 4.98 Å². The zero-order valence-corrected chi connectivity index (χ0v) is 23.2. The number of anilines is 4. The smallest absolute Gasteiger partial charge is 0.257 e. The van der Waals surface area contributed by atoms with Crippen LogP contribution in [-0.2, 0) is 4.79 Å². The molecule has 208 valence electrons. The summed E-state index contributed by atoms with van der Waals surface area (Å²) in [5.41, 5.74) is 3.01. The van der Waals surface area contributed by atoms with Gasteiger partial charge in [-0.3, -0.25) is 14.2 Å². The summed E-state index contributed by atoms with van der Waals surface area (Å²) in [4.78, 5) is 38.4. The fraction of sp³-hybridized carbons (Fsp3) is 0.241. The standard InChI is InChI=1S/C29H32FN7O3/c1-7-26(38)32-22-15-23(25(40-6)16-24(22)36(5)13-12-35(3)4)33-29-31-17-21-18(2)14-27(39)37(28(21)34-29)20-10-8-19(30)9-11-20/h7-11,14-17H,1,12-13H2,2-6H3,(H,32,38)(H,31,33,34). The molecule has 0 fully saturated rings. The van der Waals surface area contributed by atoms with Gasteiger partial charge in [-0.1, -0.05) is 6.58 Å². The zero-order valence-electron chi connectivity index (χ0n) is 23.2. The Kier molecular flexibility index (Phi) is 8.44. The van der Waals surface area contributed by atoms with E-state index in [0.29, 0.717) is 46.0 Å². The molecular formula is C29H32FN7O3. The molecule has 4 aromatic rings. The first-order valence-electron chi connectivity index (χ1n) is 12.5. The van der Waals surface area contributed by atoms with Crippen molar-refractivity contribution in [2.75, 3.05) is 56.9 Å². The second-order valence-electron chi connectivity index (χ2n) is 9.52. The number of hydrogen-bond donors (Lipinski definition) is 2. The van der Waals surface area contributed by atoms with E-state index in [1.807, 2.05) is 32.1 Å². The fourth-order valence-electron chi connectivity index (χ4n) is 4.18. The Hall–Kier alpha value is -4.77. The highest BCUT2D eigenvalue weighted by atomic mass is 19.1. The molecule has 2 aromatic carbocycles. The van der Waals surface area contributed by atoms with Gasteiger partial charge in [-0.15, -0.1) is 0 Å². The molecule has 0 saturated heterocycles. The molecule has 2 aromatic heterocycles. The Morgan fingerprint density at radius 1 is 1.12 bits per heavy atom. The second-order valence-corrected chi connectivity index (χ2v) is 9.52. The molecule has 0 aliphatic carbocycles. The van der Waals surface area contributed by atoms with E-state index in [1.54, 1.807) is 26.3 Å². The van der Waals surface area contributed by atoms with Crippen molar-refractivity contribution in [3.8, 4) is 11.4 Å². The van der Waals surface area contributed by atoms with Crippen molar-refractivity contribution >= 4 is 40.0 Å². The quantitative estimate of drug-likeness (QED) is 0.287. The van der Waals surface area contributed by atoms with Gasteiger partial charge in [-0.25, -0.2) is 9.37 Å². The van der Waals surface area contributed by atoms with Gasteiger partial charge < -0.3 is 25.2 Å². The van der Waals surface area contributed by atoms with E-state index < -0.39 is 5.82 Å². The van der Waals surface area contributed by atoms with Gasteiger partial charge in [0.15, 0.2) is 5.65 Å². The first-order valence-corrected chi connectivity index (χ1v) is 12.5. The summed E-state index contributed by atoms with van der Waals surface area (Å²) in [5, 5.41) is 6.69. The topological polar surface area (TPSA) is 105 Å². The van der Waals surface area contributed by atoms with Gasteiger partial charge in [-0.05, 0) is 63.0 Å². The van der Waals surface area contributed by atoms with E-state index in [4.69, 9.17) is 4.74 Å². The molecule has 0 unspecified atom stereocenters. The molecule has 0 saturated carbocycles. The number of likely N-dealkylation sites (N-methyl/N-ethyl adjacent to an activating group) is 2. The molecule has 0 aliphatic rings. The Bertz CT molecular complexity index is 1620. The fourth-order valence-corrected chi connectivity index (χ4v) is 4.18. The lowest BCUT2D eigenvalue weighted by Crippen LogP contribution is -2.29. The predicted octanol–water partition coefficient (Wildman–Crippen LogP) is 4.10. The number of rotatable bonds is 10. The average Bonchev–Trinajstić information content (AvgIpc) is 2.92. The molecule has 11 heteroatoms. The number of ether oxygens (including phenoxy) is 1. The van der Waals surface area contributed by atoms with Crippen LogP contribution in [-0.4, -0.2) is 66.7 Å². The van der Waals surface area contributed by atoms with Crippen LogP contribution >= 0.6 is 0 Å². The number of carbonyl (C=O) groups excluding carboxylic acids is 1. The maximum atomic E-state index is 13.6. The molecule has 10 nitrogen and oxygen atoms in total. The summed E-state index contributed by atoms with van der Waals surface area (Å²) in [6.07, 6.45) is 2.82. The van der Waals surface area contributed by atoms with Crippen LogP contribution < -0.4 is 25.8 Å². The molecular weight excluding hydrogens is 513 g/mol. The van der Waals surface area contributed by atoms with Crippen LogP contribution in [0.3, 0.4) is 0 Å². The van der Waals surface area contributed by atoms with Gasteiger partial charge in [0.1, 0.15) is 11.6 Å². The van der Waals surface area contributed by atoms with Gasteiger partial charge in [0, 0.05) is 43.9 Å². The minimum absolute atomic E-state index is 0.196. The van der Waals surface area contributed by atoms with Crippen LogP contribution in [0.15, 0.2) is 66.1 Å². The van der Waals surface area contributed by atoms with Gasteiger partial charge >= 0.3 is 0 Å². The molecule has 1 amide bonds. The summed E-state index contributed by atoms with van der Waals surface area (Å²) in [6, 6.07) is 10.7. The molecule has 0 atom stereocenters. The molecule has 40 heavy (non-hydrogen) atoms. The Morgan fingerprint density at radius 3 is 2.50 bits per heavy atom. The van der Waals surface area contributed by atoms with E-state index in [2.05, 4.69) is 32.1 Å². The first kappa shape index (κ1) is 28.2. The lowest BCUT2D eigenvalue weighted by Gasteiger charge is -2.26. The number of hydrogen-bond acceptors (Lipinski definition) is 8. The number of aryl methyl sites for hydroxylation is 1. The summed E-state index contributed by atoms with van der Waals surface area (Å²) >= 11 is 0. The van der Waals surface area contributed by atoms with Crippen LogP contribution in [0.5, 0.6) is 5.75 Å². The molecule has 2 heterocycles. The van der Waals surface area contributed by atoms with Crippen LogP contribution in [0.4, 0.5) is 27.4 Å². The molecule has 0 radical (unpaired) electrons. The summed E-state index contributed by atoms with van der Waals surface area (Å²) in [7, 11) is 7.45. The van der Waals surface area contributed by atoms with Crippen LogP contribution in [0.2, 0.25) is 0 Å². The normalized spacial score (nSPS) is 11.0. The number of carbonyl (C=O) groups is 1. The number of amides is 1. The average molecular weight is 546 g/mol. The minimum Gasteiger partial charge on any atom is -0.494 e. The molecule has 2 N–H and O–H groups in total. The highest BCUT2D eigenvalue weighted by Crippen LogP contribution is 2.38. The van der Waals surface area contributed by atoms with E-state index in [-0.39, 0.29) is 17.4 Å². The van der Waals surface area contributed by atoms with Crippen molar-refractivity contribution in [2.24, 2.45) is 0 Å². The largest absolute Gasteiger partial charge is 0.494 e. The molecule has 4 rings (SSSR count). The molecule has 0 aliphatic heterocycles. The van der Waals surface area contributed by atoms with Crippen LogP contribution in [0.1, 0.15) is 5.56 Å². The maximum absolute atomic E-state index is 13.6. The Balaban J connectivity index is 1.81. The maximum Gasteiger partial charge on any atom is 0.257 e. The van der Waals surface area contributed by atoms with Crippen LogP contribution in [0, 0.1) is 12.7 Å². The number of benzene rings is 2. The number of fused-ring (bicyclic) bond motifs is 1. The van der Waals surface area contributed by atoms with Crippen molar-refractivity contribution in [3.63, 3.8) is 0 Å². The molecule has 0 spiro atoms. The summed E-state index contributed by atoms with van der Waals surface area (Å²) in [6.45, 7) is 6.86. The number of methoxy groups -OCH3 is 1. The van der Waals surface area contributed by atoms with Crippen molar-refractivity contribution in [1.29, 1.82) is 0 Å².